The number of tetrazole rings is 1. The summed E-state index contributed by atoms with van der Waals surface area (Å²) in [6.45, 7) is 0.0736. The number of aromatic nitrogens is 4. The zero-order valence-corrected chi connectivity index (χ0v) is 7.51. The van der Waals surface area contributed by atoms with Gasteiger partial charge in [-0.3, -0.25) is 0 Å². The summed E-state index contributed by atoms with van der Waals surface area (Å²) in [6, 6.07) is 7.68. The lowest BCUT2D eigenvalue weighted by Crippen LogP contribution is -1.91. The molecule has 0 atom stereocenters. The van der Waals surface area contributed by atoms with Crippen LogP contribution in [0.3, 0.4) is 0 Å². The number of aliphatic hydroxyl groups is 1. The molecule has 0 fully saturated rings. The van der Waals surface area contributed by atoms with E-state index in [1.54, 1.807) is 0 Å². The van der Waals surface area contributed by atoms with E-state index in [1.165, 1.54) is 0 Å². The van der Waals surface area contributed by atoms with Crippen molar-refractivity contribution in [3.8, 4) is 0 Å². The Hall–Kier alpha value is -1.75. The summed E-state index contributed by atoms with van der Waals surface area (Å²) in [5.41, 5.74) is 2.02. The molecule has 1 aromatic carbocycles. The summed E-state index contributed by atoms with van der Waals surface area (Å²) in [7, 11) is 0. The van der Waals surface area contributed by atoms with Crippen molar-refractivity contribution in [1.82, 2.24) is 20.6 Å². The monoisotopic (exact) mass is 190 g/mol. The summed E-state index contributed by atoms with van der Waals surface area (Å²) in [6.07, 6.45) is 0.679. The van der Waals surface area contributed by atoms with Crippen molar-refractivity contribution in [2.75, 3.05) is 0 Å². The Kier molecular flexibility index (Phi) is 2.51. The average Bonchev–Trinajstić information content (AvgIpc) is 2.72. The molecule has 0 amide bonds. The second kappa shape index (κ2) is 3.97. The normalized spacial score (nSPS) is 10.4. The first-order valence-electron chi connectivity index (χ1n) is 4.30. The standard InChI is InChI=1S/C9H10N4O/c14-6-8-3-1-7(2-4-8)5-9-10-12-13-11-9/h1-4,14H,5-6H2,(H,10,11,12,13). The number of aromatic amines is 1. The van der Waals surface area contributed by atoms with Crippen LogP contribution in [0.2, 0.25) is 0 Å². The van der Waals surface area contributed by atoms with Gasteiger partial charge in [-0.2, -0.15) is 0 Å². The lowest BCUT2D eigenvalue weighted by atomic mass is 10.1. The maximum Gasteiger partial charge on any atom is 0.152 e. The van der Waals surface area contributed by atoms with Crippen LogP contribution in [0, 0.1) is 0 Å². The molecule has 1 aromatic heterocycles. The van der Waals surface area contributed by atoms with Gasteiger partial charge in [-0.05, 0) is 21.6 Å². The molecule has 0 aliphatic rings. The molecule has 0 aliphatic heterocycles. The molecule has 2 N–H and O–H groups in total. The minimum atomic E-state index is 0.0736. The first-order valence-corrected chi connectivity index (χ1v) is 4.30. The van der Waals surface area contributed by atoms with Crippen LogP contribution in [0.1, 0.15) is 17.0 Å². The maximum atomic E-state index is 8.85. The number of hydrogen-bond donors (Lipinski definition) is 2. The van der Waals surface area contributed by atoms with Gasteiger partial charge in [0.15, 0.2) is 5.82 Å². The molecule has 0 unspecified atom stereocenters. The number of rotatable bonds is 3. The zero-order valence-electron chi connectivity index (χ0n) is 7.51. The van der Waals surface area contributed by atoms with Crippen LogP contribution in [0.4, 0.5) is 0 Å². The van der Waals surface area contributed by atoms with Crippen LogP contribution in [-0.4, -0.2) is 25.7 Å². The SMILES string of the molecule is OCc1ccc(Cc2nnn[nH]2)cc1. The molecule has 2 aromatic rings. The van der Waals surface area contributed by atoms with Gasteiger partial charge in [0, 0.05) is 6.42 Å². The molecular formula is C9H10N4O. The van der Waals surface area contributed by atoms with Crippen LogP contribution in [0.5, 0.6) is 0 Å². The smallest absolute Gasteiger partial charge is 0.152 e. The number of nitrogens with zero attached hydrogens (tertiary/aromatic N) is 3. The number of H-pyrrole nitrogens is 1. The van der Waals surface area contributed by atoms with Gasteiger partial charge >= 0.3 is 0 Å². The second-order valence-electron chi connectivity index (χ2n) is 3.00. The van der Waals surface area contributed by atoms with Crippen LogP contribution >= 0.6 is 0 Å². The third kappa shape index (κ3) is 1.94. The molecule has 0 spiro atoms. The first kappa shape index (κ1) is 8.83. The van der Waals surface area contributed by atoms with Crippen molar-refractivity contribution in [2.24, 2.45) is 0 Å². The van der Waals surface area contributed by atoms with Crippen molar-refractivity contribution in [1.29, 1.82) is 0 Å². The molecule has 0 bridgehead atoms. The van der Waals surface area contributed by atoms with E-state index in [-0.39, 0.29) is 6.61 Å². The summed E-state index contributed by atoms with van der Waals surface area (Å²) >= 11 is 0. The van der Waals surface area contributed by atoms with Gasteiger partial charge in [0.2, 0.25) is 0 Å². The quantitative estimate of drug-likeness (QED) is 0.729. The molecule has 14 heavy (non-hydrogen) atoms. The maximum absolute atomic E-state index is 8.85. The zero-order chi connectivity index (χ0) is 9.80. The van der Waals surface area contributed by atoms with E-state index < -0.39 is 0 Å². The number of hydrogen-bond acceptors (Lipinski definition) is 4. The van der Waals surface area contributed by atoms with E-state index in [0.29, 0.717) is 6.42 Å². The van der Waals surface area contributed by atoms with E-state index in [1.807, 2.05) is 24.3 Å². The third-order valence-corrected chi connectivity index (χ3v) is 1.97. The Labute approximate surface area is 80.8 Å². The van der Waals surface area contributed by atoms with Crippen molar-refractivity contribution >= 4 is 0 Å². The van der Waals surface area contributed by atoms with E-state index in [2.05, 4.69) is 20.6 Å². The average molecular weight is 190 g/mol. The third-order valence-electron chi connectivity index (χ3n) is 1.97. The highest BCUT2D eigenvalue weighted by Gasteiger charge is 1.99. The lowest BCUT2D eigenvalue weighted by Gasteiger charge is -1.99. The van der Waals surface area contributed by atoms with E-state index in [0.717, 1.165) is 17.0 Å². The topological polar surface area (TPSA) is 74.7 Å². The number of aliphatic hydroxyl groups excluding tert-OH is 1. The summed E-state index contributed by atoms with van der Waals surface area (Å²) in [5.74, 6) is 0.738. The Morgan fingerprint density at radius 1 is 1.14 bits per heavy atom. The Balaban J connectivity index is 2.10. The van der Waals surface area contributed by atoms with Gasteiger partial charge in [-0.15, -0.1) is 5.10 Å². The summed E-state index contributed by atoms with van der Waals surface area (Å²) < 4.78 is 0. The summed E-state index contributed by atoms with van der Waals surface area (Å²) in [4.78, 5) is 0. The highest BCUT2D eigenvalue weighted by atomic mass is 16.3. The Morgan fingerprint density at radius 2 is 1.86 bits per heavy atom. The lowest BCUT2D eigenvalue weighted by molar-refractivity contribution is 0.282. The van der Waals surface area contributed by atoms with Gasteiger partial charge in [0.05, 0.1) is 6.61 Å². The highest BCUT2D eigenvalue weighted by molar-refractivity contribution is 5.23. The fraction of sp³-hybridized carbons (Fsp3) is 0.222. The number of benzene rings is 1. The fourth-order valence-corrected chi connectivity index (χ4v) is 1.21. The Bertz CT molecular complexity index is 382. The first-order chi connectivity index (χ1) is 6.88. The minimum Gasteiger partial charge on any atom is -0.392 e. The molecule has 0 radical (unpaired) electrons. The van der Waals surface area contributed by atoms with E-state index in [4.69, 9.17) is 5.11 Å². The van der Waals surface area contributed by atoms with Gasteiger partial charge < -0.3 is 5.11 Å². The van der Waals surface area contributed by atoms with E-state index >= 15 is 0 Å². The molecule has 72 valence electrons. The predicted molar refractivity (Wildman–Crippen MR) is 49.3 cm³/mol. The fourth-order valence-electron chi connectivity index (χ4n) is 1.21. The molecule has 0 aliphatic carbocycles. The number of nitrogens with one attached hydrogen (secondary N) is 1. The summed E-state index contributed by atoms with van der Waals surface area (Å²) in [5, 5.41) is 22.3. The van der Waals surface area contributed by atoms with Crippen LogP contribution in [-0.2, 0) is 13.0 Å². The van der Waals surface area contributed by atoms with Crippen LogP contribution in [0.25, 0.3) is 0 Å². The molecular weight excluding hydrogens is 180 g/mol. The molecule has 2 rings (SSSR count). The molecule has 1 heterocycles. The van der Waals surface area contributed by atoms with Crippen LogP contribution in [0.15, 0.2) is 24.3 Å². The molecule has 5 nitrogen and oxygen atoms in total. The van der Waals surface area contributed by atoms with E-state index in [9.17, 15) is 0 Å². The second-order valence-corrected chi connectivity index (χ2v) is 3.00. The van der Waals surface area contributed by atoms with Crippen LogP contribution < -0.4 is 0 Å². The Morgan fingerprint density at radius 3 is 2.43 bits per heavy atom. The van der Waals surface area contributed by atoms with Crippen molar-refractivity contribution < 1.29 is 5.11 Å². The molecule has 5 heteroatoms. The molecule has 0 saturated carbocycles. The minimum absolute atomic E-state index is 0.0736. The highest BCUT2D eigenvalue weighted by Crippen LogP contribution is 2.07. The van der Waals surface area contributed by atoms with Gasteiger partial charge in [0.1, 0.15) is 0 Å². The predicted octanol–water partition coefficient (Wildman–Crippen LogP) is 0.283. The molecule has 0 saturated heterocycles. The van der Waals surface area contributed by atoms with Gasteiger partial charge in [-0.1, -0.05) is 24.3 Å². The van der Waals surface area contributed by atoms with Crippen molar-refractivity contribution in [2.45, 2.75) is 13.0 Å². The van der Waals surface area contributed by atoms with Crippen molar-refractivity contribution in [3.05, 3.63) is 41.2 Å². The van der Waals surface area contributed by atoms with Gasteiger partial charge in [-0.25, -0.2) is 5.10 Å². The largest absolute Gasteiger partial charge is 0.392 e. The van der Waals surface area contributed by atoms with Crippen molar-refractivity contribution in [3.63, 3.8) is 0 Å². The van der Waals surface area contributed by atoms with Gasteiger partial charge in [0.25, 0.3) is 0 Å².